The van der Waals surface area contributed by atoms with Gasteiger partial charge in [-0.05, 0) is 32.6 Å². The van der Waals surface area contributed by atoms with Crippen LogP contribution in [0.4, 0.5) is 0 Å². The molecule has 0 aliphatic heterocycles. The molecule has 1 atom stereocenters. The van der Waals surface area contributed by atoms with Crippen molar-refractivity contribution in [3.05, 3.63) is 12.2 Å². The minimum atomic E-state index is -0.261. The fourth-order valence-electron chi connectivity index (χ4n) is 2.02. The molecule has 0 aromatic rings. The highest BCUT2D eigenvalue weighted by atomic mass is 16.5. The van der Waals surface area contributed by atoms with Crippen LogP contribution in [0.25, 0.3) is 0 Å². The normalized spacial score (nSPS) is 17.3. The standard InChI is InChI=1S/C14H25NO3/c1-4-18-14(16)6-5-9-15(10-11-17-3)12(2)13-7-8-13/h5-6,12-13H,4,7-11H2,1-3H3/b6-5+. The Morgan fingerprint density at radius 3 is 2.78 bits per heavy atom. The number of esters is 1. The summed E-state index contributed by atoms with van der Waals surface area (Å²) in [5.74, 6) is 0.557. The molecule has 0 aromatic heterocycles. The second-order valence-electron chi connectivity index (χ2n) is 4.72. The van der Waals surface area contributed by atoms with Crippen molar-refractivity contribution >= 4 is 5.97 Å². The molecular formula is C14H25NO3. The van der Waals surface area contributed by atoms with E-state index in [1.807, 2.05) is 13.0 Å². The number of rotatable bonds is 9. The summed E-state index contributed by atoms with van der Waals surface area (Å²) in [6, 6.07) is 0.562. The quantitative estimate of drug-likeness (QED) is 0.465. The molecule has 0 radical (unpaired) electrons. The molecule has 104 valence electrons. The number of hydrogen-bond acceptors (Lipinski definition) is 4. The Morgan fingerprint density at radius 2 is 2.22 bits per heavy atom. The molecule has 18 heavy (non-hydrogen) atoms. The van der Waals surface area contributed by atoms with Crippen LogP contribution in [0.2, 0.25) is 0 Å². The summed E-state index contributed by atoms with van der Waals surface area (Å²) in [4.78, 5) is 13.6. The molecule has 0 heterocycles. The first-order valence-corrected chi connectivity index (χ1v) is 6.75. The van der Waals surface area contributed by atoms with E-state index >= 15 is 0 Å². The maximum absolute atomic E-state index is 11.2. The fourth-order valence-corrected chi connectivity index (χ4v) is 2.02. The number of nitrogens with zero attached hydrogens (tertiary/aromatic N) is 1. The average Bonchev–Trinajstić information content (AvgIpc) is 3.17. The van der Waals surface area contributed by atoms with Crippen LogP contribution in [0.1, 0.15) is 26.7 Å². The second kappa shape index (κ2) is 8.27. The Bertz CT molecular complexity index is 274. The maximum Gasteiger partial charge on any atom is 0.330 e. The number of carbonyl (C=O) groups excluding carboxylic acids is 1. The summed E-state index contributed by atoms with van der Waals surface area (Å²) in [5, 5.41) is 0. The molecule has 0 amide bonds. The van der Waals surface area contributed by atoms with Gasteiger partial charge < -0.3 is 9.47 Å². The Kier molecular flexibility index (Phi) is 6.98. The molecule has 1 saturated carbocycles. The van der Waals surface area contributed by atoms with Crippen LogP contribution in [-0.2, 0) is 14.3 Å². The predicted octanol–water partition coefficient (Wildman–Crippen LogP) is 1.85. The highest BCUT2D eigenvalue weighted by molar-refractivity contribution is 5.81. The largest absolute Gasteiger partial charge is 0.463 e. The lowest BCUT2D eigenvalue weighted by Gasteiger charge is -2.27. The van der Waals surface area contributed by atoms with E-state index in [-0.39, 0.29) is 5.97 Å². The van der Waals surface area contributed by atoms with E-state index in [0.717, 1.165) is 25.6 Å². The van der Waals surface area contributed by atoms with E-state index in [9.17, 15) is 4.79 Å². The van der Waals surface area contributed by atoms with E-state index in [0.29, 0.717) is 12.6 Å². The van der Waals surface area contributed by atoms with Gasteiger partial charge in [-0.1, -0.05) is 6.08 Å². The molecule has 1 unspecified atom stereocenters. The summed E-state index contributed by atoms with van der Waals surface area (Å²) in [6.45, 7) is 6.90. The minimum Gasteiger partial charge on any atom is -0.463 e. The zero-order chi connectivity index (χ0) is 13.4. The van der Waals surface area contributed by atoms with Gasteiger partial charge in [-0.2, -0.15) is 0 Å². The molecule has 1 aliphatic carbocycles. The van der Waals surface area contributed by atoms with Gasteiger partial charge in [0.2, 0.25) is 0 Å². The molecule has 0 spiro atoms. The van der Waals surface area contributed by atoms with Gasteiger partial charge in [-0.15, -0.1) is 0 Å². The zero-order valence-corrected chi connectivity index (χ0v) is 11.7. The minimum absolute atomic E-state index is 0.261. The van der Waals surface area contributed by atoms with Crippen LogP contribution < -0.4 is 0 Å². The van der Waals surface area contributed by atoms with E-state index in [1.165, 1.54) is 18.9 Å². The smallest absolute Gasteiger partial charge is 0.330 e. The van der Waals surface area contributed by atoms with Gasteiger partial charge in [0.1, 0.15) is 0 Å². The highest BCUT2D eigenvalue weighted by Crippen LogP contribution is 2.34. The SMILES string of the molecule is CCOC(=O)/C=C/CN(CCOC)C(C)C1CC1. The first kappa shape index (κ1) is 15.2. The Hall–Kier alpha value is -0.870. The molecule has 0 aromatic carbocycles. The molecule has 4 heteroatoms. The molecule has 0 N–H and O–H groups in total. The summed E-state index contributed by atoms with van der Waals surface area (Å²) in [7, 11) is 1.72. The van der Waals surface area contributed by atoms with E-state index in [1.54, 1.807) is 7.11 Å². The van der Waals surface area contributed by atoms with Crippen molar-refractivity contribution in [1.82, 2.24) is 4.90 Å². The van der Waals surface area contributed by atoms with Gasteiger partial charge in [0.25, 0.3) is 0 Å². The monoisotopic (exact) mass is 255 g/mol. The second-order valence-corrected chi connectivity index (χ2v) is 4.72. The molecular weight excluding hydrogens is 230 g/mol. The van der Waals surface area contributed by atoms with E-state index in [2.05, 4.69) is 11.8 Å². The third-order valence-electron chi connectivity index (χ3n) is 3.34. The molecule has 1 fully saturated rings. The van der Waals surface area contributed by atoms with Gasteiger partial charge in [-0.3, -0.25) is 4.90 Å². The maximum atomic E-state index is 11.2. The van der Waals surface area contributed by atoms with Crippen molar-refractivity contribution in [3.63, 3.8) is 0 Å². The van der Waals surface area contributed by atoms with Crippen LogP contribution >= 0.6 is 0 Å². The molecule has 4 nitrogen and oxygen atoms in total. The Balaban J connectivity index is 2.37. The van der Waals surface area contributed by atoms with Crippen molar-refractivity contribution in [1.29, 1.82) is 0 Å². The number of methoxy groups -OCH3 is 1. The van der Waals surface area contributed by atoms with Crippen LogP contribution in [0.3, 0.4) is 0 Å². The Morgan fingerprint density at radius 1 is 1.50 bits per heavy atom. The van der Waals surface area contributed by atoms with Crippen molar-refractivity contribution in [2.45, 2.75) is 32.7 Å². The first-order valence-electron chi connectivity index (χ1n) is 6.75. The molecule has 0 bridgehead atoms. The van der Waals surface area contributed by atoms with E-state index < -0.39 is 0 Å². The number of ether oxygens (including phenoxy) is 2. The molecule has 1 aliphatic rings. The molecule has 0 saturated heterocycles. The predicted molar refractivity (Wildman–Crippen MR) is 71.4 cm³/mol. The first-order chi connectivity index (χ1) is 8.69. The van der Waals surface area contributed by atoms with Crippen LogP contribution in [-0.4, -0.2) is 50.3 Å². The zero-order valence-electron chi connectivity index (χ0n) is 11.7. The average molecular weight is 255 g/mol. The number of carbonyl (C=O) groups is 1. The third-order valence-corrected chi connectivity index (χ3v) is 3.34. The van der Waals surface area contributed by atoms with E-state index in [4.69, 9.17) is 9.47 Å². The van der Waals surface area contributed by atoms with Crippen molar-refractivity contribution in [2.24, 2.45) is 5.92 Å². The third kappa shape index (κ3) is 5.65. The van der Waals surface area contributed by atoms with Crippen LogP contribution in [0.5, 0.6) is 0 Å². The summed E-state index contributed by atoms with van der Waals surface area (Å²) in [6.07, 6.45) is 6.05. The van der Waals surface area contributed by atoms with Crippen molar-refractivity contribution < 1.29 is 14.3 Å². The highest BCUT2D eigenvalue weighted by Gasteiger charge is 2.31. The van der Waals surface area contributed by atoms with Gasteiger partial charge in [-0.25, -0.2) is 4.79 Å². The topological polar surface area (TPSA) is 38.8 Å². The van der Waals surface area contributed by atoms with Gasteiger partial charge in [0, 0.05) is 32.3 Å². The van der Waals surface area contributed by atoms with Gasteiger partial charge in [0.15, 0.2) is 0 Å². The molecule has 1 rings (SSSR count). The van der Waals surface area contributed by atoms with Gasteiger partial charge in [0.05, 0.1) is 13.2 Å². The summed E-state index contributed by atoms with van der Waals surface area (Å²) < 4.78 is 9.99. The van der Waals surface area contributed by atoms with Crippen LogP contribution in [0, 0.1) is 5.92 Å². The summed E-state index contributed by atoms with van der Waals surface area (Å²) >= 11 is 0. The lowest BCUT2D eigenvalue weighted by atomic mass is 10.2. The van der Waals surface area contributed by atoms with Gasteiger partial charge >= 0.3 is 5.97 Å². The lowest BCUT2D eigenvalue weighted by Crippen LogP contribution is -2.37. The summed E-state index contributed by atoms with van der Waals surface area (Å²) in [5.41, 5.74) is 0. The fraction of sp³-hybridized carbons (Fsp3) is 0.786. The lowest BCUT2D eigenvalue weighted by molar-refractivity contribution is -0.137. The van der Waals surface area contributed by atoms with Crippen molar-refractivity contribution in [3.8, 4) is 0 Å². The van der Waals surface area contributed by atoms with Crippen LogP contribution in [0.15, 0.2) is 12.2 Å². The van der Waals surface area contributed by atoms with Crippen molar-refractivity contribution in [2.75, 3.05) is 33.4 Å². The number of hydrogen-bond donors (Lipinski definition) is 0. The Labute approximate surface area is 110 Å².